The van der Waals surface area contributed by atoms with Crippen molar-refractivity contribution in [3.8, 4) is 11.5 Å². The molecule has 4 heteroatoms. The molecule has 1 aromatic rings. The standard InChI is InChI=1S/C14H19NO3/c1-3-4-7-10-15-14(16)11-18-13-9-6-5-8-12(13)17-2/h3-6,8-9H,7,10-11H2,1-2H3,(H,15,16)/b4-3+. The normalized spacial score (nSPS) is 10.3. The maximum Gasteiger partial charge on any atom is 0.257 e. The lowest BCUT2D eigenvalue weighted by Crippen LogP contribution is -2.29. The number of benzene rings is 1. The van der Waals surface area contributed by atoms with E-state index < -0.39 is 0 Å². The van der Waals surface area contributed by atoms with Gasteiger partial charge >= 0.3 is 0 Å². The van der Waals surface area contributed by atoms with Crippen LogP contribution in [0.4, 0.5) is 0 Å². The summed E-state index contributed by atoms with van der Waals surface area (Å²) in [6, 6.07) is 7.25. The highest BCUT2D eigenvalue weighted by Crippen LogP contribution is 2.25. The average Bonchev–Trinajstić information content (AvgIpc) is 2.41. The van der Waals surface area contributed by atoms with Crippen molar-refractivity contribution in [3.05, 3.63) is 36.4 Å². The molecular weight excluding hydrogens is 230 g/mol. The highest BCUT2D eigenvalue weighted by atomic mass is 16.5. The number of rotatable bonds is 7. The molecule has 0 radical (unpaired) electrons. The van der Waals surface area contributed by atoms with Gasteiger partial charge in [0, 0.05) is 6.54 Å². The zero-order chi connectivity index (χ0) is 13.2. The van der Waals surface area contributed by atoms with Crippen LogP contribution < -0.4 is 14.8 Å². The van der Waals surface area contributed by atoms with E-state index in [0.29, 0.717) is 18.0 Å². The van der Waals surface area contributed by atoms with Crippen molar-refractivity contribution in [3.63, 3.8) is 0 Å². The minimum atomic E-state index is -0.134. The number of methoxy groups -OCH3 is 1. The molecule has 0 aliphatic rings. The number of para-hydroxylation sites is 2. The van der Waals surface area contributed by atoms with Crippen LogP contribution in [0.15, 0.2) is 36.4 Å². The van der Waals surface area contributed by atoms with E-state index in [9.17, 15) is 4.79 Å². The largest absolute Gasteiger partial charge is 0.493 e. The van der Waals surface area contributed by atoms with E-state index in [0.717, 1.165) is 6.42 Å². The van der Waals surface area contributed by atoms with Gasteiger partial charge in [0.25, 0.3) is 5.91 Å². The number of carbonyl (C=O) groups is 1. The zero-order valence-electron chi connectivity index (χ0n) is 10.8. The number of carbonyl (C=O) groups excluding carboxylic acids is 1. The third-order valence-corrected chi connectivity index (χ3v) is 2.30. The third kappa shape index (κ3) is 4.91. The molecule has 18 heavy (non-hydrogen) atoms. The third-order valence-electron chi connectivity index (χ3n) is 2.30. The lowest BCUT2D eigenvalue weighted by atomic mass is 10.3. The molecule has 0 spiro atoms. The summed E-state index contributed by atoms with van der Waals surface area (Å²) < 4.78 is 10.5. The first kappa shape index (κ1) is 14.1. The summed E-state index contributed by atoms with van der Waals surface area (Å²) in [5.41, 5.74) is 0. The number of nitrogens with one attached hydrogen (secondary N) is 1. The molecule has 0 aliphatic heterocycles. The number of ether oxygens (including phenoxy) is 2. The van der Waals surface area contributed by atoms with Gasteiger partial charge in [-0.2, -0.15) is 0 Å². The van der Waals surface area contributed by atoms with E-state index in [4.69, 9.17) is 9.47 Å². The van der Waals surface area contributed by atoms with Gasteiger partial charge in [0.1, 0.15) is 0 Å². The minimum Gasteiger partial charge on any atom is -0.493 e. The van der Waals surface area contributed by atoms with E-state index in [-0.39, 0.29) is 12.5 Å². The first-order valence-corrected chi connectivity index (χ1v) is 5.91. The molecule has 0 saturated carbocycles. The van der Waals surface area contributed by atoms with Crippen LogP contribution in [-0.4, -0.2) is 26.2 Å². The summed E-state index contributed by atoms with van der Waals surface area (Å²) in [6.07, 6.45) is 4.79. The average molecular weight is 249 g/mol. The van der Waals surface area contributed by atoms with Crippen molar-refractivity contribution in [2.24, 2.45) is 0 Å². The minimum absolute atomic E-state index is 0.00376. The second kappa shape index (κ2) is 8.17. The van der Waals surface area contributed by atoms with E-state index in [2.05, 4.69) is 5.32 Å². The van der Waals surface area contributed by atoms with E-state index >= 15 is 0 Å². The molecule has 0 atom stereocenters. The Kier molecular flexibility index (Phi) is 6.40. The number of hydrogen-bond acceptors (Lipinski definition) is 3. The summed E-state index contributed by atoms with van der Waals surface area (Å²) >= 11 is 0. The van der Waals surface area contributed by atoms with Gasteiger partial charge in [0.15, 0.2) is 18.1 Å². The Bertz CT molecular complexity index is 402. The van der Waals surface area contributed by atoms with Crippen molar-refractivity contribution in [2.45, 2.75) is 13.3 Å². The van der Waals surface area contributed by atoms with Gasteiger partial charge in [0.05, 0.1) is 7.11 Å². The monoisotopic (exact) mass is 249 g/mol. The van der Waals surface area contributed by atoms with Crippen molar-refractivity contribution < 1.29 is 14.3 Å². The maximum atomic E-state index is 11.5. The zero-order valence-corrected chi connectivity index (χ0v) is 10.8. The summed E-state index contributed by atoms with van der Waals surface area (Å²) in [6.45, 7) is 2.57. The molecule has 1 rings (SSSR count). The maximum absolute atomic E-state index is 11.5. The number of hydrogen-bond donors (Lipinski definition) is 1. The smallest absolute Gasteiger partial charge is 0.257 e. The van der Waals surface area contributed by atoms with Gasteiger partial charge in [-0.3, -0.25) is 4.79 Å². The SMILES string of the molecule is C/C=C/CCNC(=O)COc1ccccc1OC. The number of allylic oxidation sites excluding steroid dienone is 1. The molecule has 0 fully saturated rings. The van der Waals surface area contributed by atoms with Gasteiger partial charge in [-0.05, 0) is 25.5 Å². The van der Waals surface area contributed by atoms with Crippen LogP contribution in [0, 0.1) is 0 Å². The Morgan fingerprint density at radius 2 is 2.06 bits per heavy atom. The Labute approximate surface area is 108 Å². The van der Waals surface area contributed by atoms with E-state index in [1.165, 1.54) is 0 Å². The Hall–Kier alpha value is -1.97. The summed E-state index contributed by atoms with van der Waals surface area (Å²) in [5, 5.41) is 2.77. The van der Waals surface area contributed by atoms with Crippen LogP contribution in [0.25, 0.3) is 0 Å². The molecule has 4 nitrogen and oxygen atoms in total. The fourth-order valence-electron chi connectivity index (χ4n) is 1.39. The fourth-order valence-corrected chi connectivity index (χ4v) is 1.39. The summed E-state index contributed by atoms with van der Waals surface area (Å²) in [5.74, 6) is 1.06. The van der Waals surface area contributed by atoms with Crippen LogP contribution >= 0.6 is 0 Å². The molecule has 0 saturated heterocycles. The molecule has 0 unspecified atom stereocenters. The molecule has 0 heterocycles. The van der Waals surface area contributed by atoms with Crippen molar-refractivity contribution in [1.29, 1.82) is 0 Å². The van der Waals surface area contributed by atoms with E-state index in [1.54, 1.807) is 19.2 Å². The van der Waals surface area contributed by atoms with E-state index in [1.807, 2.05) is 31.2 Å². The second-order valence-corrected chi connectivity index (χ2v) is 3.65. The van der Waals surface area contributed by atoms with Crippen LogP contribution in [-0.2, 0) is 4.79 Å². The van der Waals surface area contributed by atoms with Crippen LogP contribution in [0.2, 0.25) is 0 Å². The number of amides is 1. The lowest BCUT2D eigenvalue weighted by molar-refractivity contribution is -0.123. The summed E-state index contributed by atoms with van der Waals surface area (Å²) in [7, 11) is 1.57. The predicted octanol–water partition coefficient (Wildman–Crippen LogP) is 2.16. The van der Waals surface area contributed by atoms with Gasteiger partial charge < -0.3 is 14.8 Å². The topological polar surface area (TPSA) is 47.6 Å². The molecule has 0 aliphatic carbocycles. The van der Waals surface area contributed by atoms with Gasteiger partial charge in [-0.25, -0.2) is 0 Å². The van der Waals surface area contributed by atoms with Crippen LogP contribution in [0.5, 0.6) is 11.5 Å². The van der Waals surface area contributed by atoms with Crippen molar-refractivity contribution in [1.82, 2.24) is 5.32 Å². The molecular formula is C14H19NO3. The molecule has 1 amide bonds. The molecule has 1 N–H and O–H groups in total. The van der Waals surface area contributed by atoms with Crippen molar-refractivity contribution >= 4 is 5.91 Å². The van der Waals surface area contributed by atoms with Crippen LogP contribution in [0.1, 0.15) is 13.3 Å². The van der Waals surface area contributed by atoms with Crippen molar-refractivity contribution in [2.75, 3.05) is 20.3 Å². The predicted molar refractivity (Wildman–Crippen MR) is 70.9 cm³/mol. The lowest BCUT2D eigenvalue weighted by Gasteiger charge is -2.10. The second-order valence-electron chi connectivity index (χ2n) is 3.65. The summed E-state index contributed by atoms with van der Waals surface area (Å²) in [4.78, 5) is 11.5. The molecule has 98 valence electrons. The highest BCUT2D eigenvalue weighted by molar-refractivity contribution is 5.77. The molecule has 0 aromatic heterocycles. The van der Waals surface area contributed by atoms with Crippen LogP contribution in [0.3, 0.4) is 0 Å². The van der Waals surface area contributed by atoms with Gasteiger partial charge in [-0.15, -0.1) is 0 Å². The first-order chi connectivity index (χ1) is 8.77. The molecule has 1 aromatic carbocycles. The van der Waals surface area contributed by atoms with Gasteiger partial charge in [-0.1, -0.05) is 24.3 Å². The highest BCUT2D eigenvalue weighted by Gasteiger charge is 2.05. The molecule has 0 bridgehead atoms. The quantitative estimate of drug-likeness (QED) is 0.595. The Balaban J connectivity index is 2.33. The first-order valence-electron chi connectivity index (χ1n) is 5.91. The van der Waals surface area contributed by atoms with Gasteiger partial charge in [0.2, 0.25) is 0 Å². The Morgan fingerprint density at radius 1 is 1.33 bits per heavy atom. The fraction of sp³-hybridized carbons (Fsp3) is 0.357. The Morgan fingerprint density at radius 3 is 2.72 bits per heavy atom.